The molecule has 166 valence electrons. The predicted octanol–water partition coefficient (Wildman–Crippen LogP) is 7.29. The number of carboxylic acid groups (broad SMARTS) is 1. The Hall–Kier alpha value is -0.570. The summed E-state index contributed by atoms with van der Waals surface area (Å²) in [6, 6.07) is 0. The van der Waals surface area contributed by atoms with Gasteiger partial charge < -0.3 is 5.11 Å². The van der Waals surface area contributed by atoms with Crippen molar-refractivity contribution >= 4 is 5.97 Å². The monoisotopic (exact) mass is 395 g/mol. The topological polar surface area (TPSA) is 40.5 Å². The van der Waals surface area contributed by atoms with Crippen molar-refractivity contribution in [1.29, 1.82) is 0 Å². The first-order chi connectivity index (χ1) is 13.1. The second-order valence-electron chi connectivity index (χ2n) is 10.6. The van der Waals surface area contributed by atoms with Crippen molar-refractivity contribution in [1.82, 2.24) is 4.90 Å². The number of piperidine rings is 1. The number of aliphatic carboxylic acids is 1. The third kappa shape index (κ3) is 8.43. The van der Waals surface area contributed by atoms with Gasteiger partial charge in [0, 0.05) is 11.1 Å². The number of unbranched alkanes of at least 4 members (excludes halogenated alkanes) is 10. The molecule has 0 aromatic heterocycles. The highest BCUT2D eigenvalue weighted by Gasteiger charge is 2.46. The van der Waals surface area contributed by atoms with E-state index in [2.05, 4.69) is 46.6 Å². The molecule has 1 rings (SSSR count). The minimum Gasteiger partial charge on any atom is -0.481 e. The number of likely N-dealkylation sites (tertiary alicyclic amines) is 1. The first-order valence-electron chi connectivity index (χ1n) is 12.1. The third-order valence-corrected chi connectivity index (χ3v) is 7.34. The zero-order valence-corrected chi connectivity index (χ0v) is 19.9. The molecule has 0 amide bonds. The summed E-state index contributed by atoms with van der Waals surface area (Å²) in [4.78, 5) is 14.4. The van der Waals surface area contributed by atoms with E-state index in [9.17, 15) is 9.90 Å². The molecule has 1 N–H and O–H groups in total. The standard InChI is InChI=1S/C25H49NO2/c1-7-8-9-10-11-12-13-14-15-16-17-18-22(23(27)28)21-19-24(2,3)26(6)25(4,5)20-21/h21-22H,7-20H2,1-6H3,(H,27,28). The summed E-state index contributed by atoms with van der Waals surface area (Å²) in [6.45, 7) is 11.3. The van der Waals surface area contributed by atoms with Crippen molar-refractivity contribution in [2.45, 2.75) is 136 Å². The molecule has 3 heteroatoms. The van der Waals surface area contributed by atoms with Gasteiger partial charge in [-0.2, -0.15) is 0 Å². The van der Waals surface area contributed by atoms with E-state index in [0.717, 1.165) is 25.7 Å². The largest absolute Gasteiger partial charge is 0.481 e. The molecular weight excluding hydrogens is 346 g/mol. The van der Waals surface area contributed by atoms with E-state index in [-0.39, 0.29) is 17.0 Å². The van der Waals surface area contributed by atoms with Gasteiger partial charge in [-0.3, -0.25) is 9.69 Å². The van der Waals surface area contributed by atoms with Crippen LogP contribution in [-0.2, 0) is 4.79 Å². The summed E-state index contributed by atoms with van der Waals surface area (Å²) in [7, 11) is 2.19. The first-order valence-corrected chi connectivity index (χ1v) is 12.1. The van der Waals surface area contributed by atoms with Crippen molar-refractivity contribution in [3.63, 3.8) is 0 Å². The van der Waals surface area contributed by atoms with Crippen LogP contribution in [0, 0.1) is 11.8 Å². The molecule has 0 radical (unpaired) electrons. The molecule has 1 fully saturated rings. The Morgan fingerprint density at radius 2 is 1.25 bits per heavy atom. The molecule has 0 aromatic rings. The lowest BCUT2D eigenvalue weighted by Crippen LogP contribution is -2.59. The van der Waals surface area contributed by atoms with Crippen LogP contribution in [0.4, 0.5) is 0 Å². The maximum Gasteiger partial charge on any atom is 0.306 e. The smallest absolute Gasteiger partial charge is 0.306 e. The molecule has 1 unspecified atom stereocenters. The lowest BCUT2D eigenvalue weighted by Gasteiger charge is -2.54. The molecule has 0 aromatic carbocycles. The van der Waals surface area contributed by atoms with Gasteiger partial charge in [-0.15, -0.1) is 0 Å². The molecule has 3 nitrogen and oxygen atoms in total. The fourth-order valence-corrected chi connectivity index (χ4v) is 5.32. The van der Waals surface area contributed by atoms with Crippen molar-refractivity contribution in [2.24, 2.45) is 11.8 Å². The number of rotatable bonds is 14. The Balaban J connectivity index is 2.30. The molecule has 1 aliphatic heterocycles. The van der Waals surface area contributed by atoms with E-state index < -0.39 is 5.97 Å². The fraction of sp³-hybridized carbons (Fsp3) is 0.960. The van der Waals surface area contributed by atoms with Gasteiger partial charge in [-0.25, -0.2) is 0 Å². The van der Waals surface area contributed by atoms with Crippen LogP contribution in [0.25, 0.3) is 0 Å². The average Bonchev–Trinajstić information content (AvgIpc) is 2.59. The van der Waals surface area contributed by atoms with Crippen molar-refractivity contribution in [3.8, 4) is 0 Å². The van der Waals surface area contributed by atoms with E-state index in [0.29, 0.717) is 5.92 Å². The molecule has 0 aliphatic carbocycles. The highest BCUT2D eigenvalue weighted by Crippen LogP contribution is 2.44. The van der Waals surface area contributed by atoms with Gasteiger partial charge in [-0.05, 0) is 59.9 Å². The maximum atomic E-state index is 12.0. The Morgan fingerprint density at radius 3 is 1.64 bits per heavy atom. The molecule has 1 atom stereocenters. The molecule has 28 heavy (non-hydrogen) atoms. The highest BCUT2D eigenvalue weighted by atomic mass is 16.4. The average molecular weight is 396 g/mol. The van der Waals surface area contributed by atoms with Crippen LogP contribution in [-0.4, -0.2) is 34.1 Å². The zero-order valence-electron chi connectivity index (χ0n) is 19.9. The van der Waals surface area contributed by atoms with E-state index in [1.807, 2.05) is 0 Å². The summed E-state index contributed by atoms with van der Waals surface area (Å²) in [5.74, 6) is -0.458. The van der Waals surface area contributed by atoms with Crippen LogP contribution >= 0.6 is 0 Å². The van der Waals surface area contributed by atoms with E-state index in [4.69, 9.17) is 0 Å². The van der Waals surface area contributed by atoms with Crippen LogP contribution in [0.15, 0.2) is 0 Å². The van der Waals surface area contributed by atoms with Gasteiger partial charge in [-0.1, -0.05) is 77.6 Å². The van der Waals surface area contributed by atoms with Crippen LogP contribution in [0.1, 0.15) is 125 Å². The van der Waals surface area contributed by atoms with Crippen LogP contribution in [0.5, 0.6) is 0 Å². The Morgan fingerprint density at radius 1 is 0.857 bits per heavy atom. The summed E-state index contributed by atoms with van der Waals surface area (Å²) in [5.41, 5.74) is 0.133. The second-order valence-corrected chi connectivity index (χ2v) is 10.6. The number of nitrogens with zero attached hydrogens (tertiary/aromatic N) is 1. The van der Waals surface area contributed by atoms with Gasteiger partial charge in [0.25, 0.3) is 0 Å². The molecule has 1 aliphatic rings. The fourth-order valence-electron chi connectivity index (χ4n) is 5.32. The molecule has 1 saturated heterocycles. The maximum absolute atomic E-state index is 12.0. The van der Waals surface area contributed by atoms with Gasteiger partial charge >= 0.3 is 5.97 Å². The Kier molecular flexibility index (Phi) is 11.1. The molecule has 0 spiro atoms. The van der Waals surface area contributed by atoms with Gasteiger partial charge in [0.05, 0.1) is 5.92 Å². The van der Waals surface area contributed by atoms with Crippen LogP contribution < -0.4 is 0 Å². The number of hydrogen-bond donors (Lipinski definition) is 1. The van der Waals surface area contributed by atoms with E-state index >= 15 is 0 Å². The third-order valence-electron chi connectivity index (χ3n) is 7.34. The lowest BCUT2D eigenvalue weighted by atomic mass is 9.68. The van der Waals surface area contributed by atoms with E-state index in [1.54, 1.807) is 0 Å². The predicted molar refractivity (Wildman–Crippen MR) is 121 cm³/mol. The number of carboxylic acids is 1. The molecule has 1 heterocycles. The summed E-state index contributed by atoms with van der Waals surface area (Å²) in [5, 5.41) is 9.88. The minimum absolute atomic E-state index is 0.0667. The Bertz CT molecular complexity index is 426. The van der Waals surface area contributed by atoms with Crippen molar-refractivity contribution < 1.29 is 9.90 Å². The Labute approximate surface area is 175 Å². The molecule has 0 bridgehead atoms. The van der Waals surface area contributed by atoms with E-state index in [1.165, 1.54) is 64.2 Å². The van der Waals surface area contributed by atoms with Crippen LogP contribution in [0.3, 0.4) is 0 Å². The van der Waals surface area contributed by atoms with Crippen molar-refractivity contribution in [3.05, 3.63) is 0 Å². The summed E-state index contributed by atoms with van der Waals surface area (Å²) >= 11 is 0. The highest BCUT2D eigenvalue weighted by molar-refractivity contribution is 5.70. The van der Waals surface area contributed by atoms with Gasteiger partial charge in [0.15, 0.2) is 0 Å². The second kappa shape index (κ2) is 12.2. The summed E-state index contributed by atoms with van der Waals surface area (Å²) in [6.07, 6.45) is 17.3. The molecular formula is C25H49NO2. The lowest BCUT2D eigenvalue weighted by molar-refractivity contribution is -0.147. The summed E-state index contributed by atoms with van der Waals surface area (Å²) < 4.78 is 0. The van der Waals surface area contributed by atoms with Gasteiger partial charge in [0.1, 0.15) is 0 Å². The number of carbonyl (C=O) groups is 1. The van der Waals surface area contributed by atoms with Crippen molar-refractivity contribution in [2.75, 3.05) is 7.05 Å². The first kappa shape index (κ1) is 25.5. The number of hydrogen-bond acceptors (Lipinski definition) is 2. The van der Waals surface area contributed by atoms with Crippen LogP contribution in [0.2, 0.25) is 0 Å². The minimum atomic E-state index is -0.576. The zero-order chi connectivity index (χ0) is 21.2. The quantitative estimate of drug-likeness (QED) is 0.314. The normalized spacial score (nSPS) is 20.9. The van der Waals surface area contributed by atoms with Gasteiger partial charge in [0.2, 0.25) is 0 Å². The SMILES string of the molecule is CCCCCCCCCCCCCC(C(=O)O)C1CC(C)(C)N(C)C(C)(C)C1. The molecule has 0 saturated carbocycles.